The molecule has 1 aliphatic carbocycles. The summed E-state index contributed by atoms with van der Waals surface area (Å²) in [5, 5.41) is 4.46. The van der Waals surface area contributed by atoms with Gasteiger partial charge in [-0.1, -0.05) is 60.7 Å². The normalized spacial score (nSPS) is 12.3. The summed E-state index contributed by atoms with van der Waals surface area (Å²) in [6.07, 6.45) is 4.31. The maximum Gasteiger partial charge on any atom is 0.200 e. The van der Waals surface area contributed by atoms with Crippen molar-refractivity contribution in [3.05, 3.63) is 77.9 Å². The molecular formula is C25H22ClN3O. The Balaban J connectivity index is 0.00000218. The molecule has 0 aliphatic heterocycles. The van der Waals surface area contributed by atoms with Crippen LogP contribution in [0.5, 0.6) is 5.75 Å². The van der Waals surface area contributed by atoms with Crippen LogP contribution in [0.4, 0.5) is 11.4 Å². The van der Waals surface area contributed by atoms with Crippen LogP contribution in [0.1, 0.15) is 11.1 Å². The number of hydrogen-bond acceptors (Lipinski definition) is 2. The number of guanidine groups is 1. The second-order valence-electron chi connectivity index (χ2n) is 7.14. The lowest BCUT2D eigenvalue weighted by Crippen LogP contribution is -2.33. The van der Waals surface area contributed by atoms with Crippen LogP contribution in [0.15, 0.2) is 71.7 Å². The number of ether oxygens (including phenoxy) is 1. The smallest absolute Gasteiger partial charge is 0.200 e. The summed E-state index contributed by atoms with van der Waals surface area (Å²) in [6.45, 7) is 0. The van der Waals surface area contributed by atoms with E-state index in [2.05, 4.69) is 42.5 Å². The van der Waals surface area contributed by atoms with Crippen molar-refractivity contribution < 1.29 is 4.74 Å². The number of nitrogens with zero attached hydrogens (tertiary/aromatic N) is 2. The Morgan fingerprint density at radius 2 is 1.53 bits per heavy atom. The standard InChI is InChI=1S/C25H21N3O.ClH/c1-28(22-14-12-17-11-10-16-6-5-9-20(22)24(16)17)25(26)27-21-13-15-23(29-2)19-8-4-3-7-18(19)21;/h3-15H,1-2H3,(H2,26,27);1H. The van der Waals surface area contributed by atoms with Gasteiger partial charge in [0.1, 0.15) is 5.75 Å². The summed E-state index contributed by atoms with van der Waals surface area (Å²) in [5.74, 6) is 1.26. The molecule has 5 heteroatoms. The van der Waals surface area contributed by atoms with Gasteiger partial charge in [-0.2, -0.15) is 0 Å². The van der Waals surface area contributed by atoms with Gasteiger partial charge in [0, 0.05) is 23.2 Å². The quantitative estimate of drug-likeness (QED) is 0.291. The second-order valence-corrected chi connectivity index (χ2v) is 7.14. The molecule has 150 valence electrons. The molecule has 1 aliphatic rings. The van der Waals surface area contributed by atoms with Crippen molar-refractivity contribution >= 4 is 63.4 Å². The molecule has 0 bridgehead atoms. The van der Waals surface area contributed by atoms with Crippen LogP contribution in [0.3, 0.4) is 0 Å². The fourth-order valence-corrected chi connectivity index (χ4v) is 4.05. The average molecular weight is 416 g/mol. The van der Waals surface area contributed by atoms with Crippen LogP contribution in [-0.2, 0) is 0 Å². The van der Waals surface area contributed by atoms with Crippen LogP contribution in [-0.4, -0.2) is 20.1 Å². The number of hydrogen-bond donors (Lipinski definition) is 1. The maximum absolute atomic E-state index is 6.45. The average Bonchev–Trinajstić information content (AvgIpc) is 3.19. The molecule has 0 saturated heterocycles. The predicted octanol–water partition coefficient (Wildman–Crippen LogP) is 5.99. The molecule has 0 unspecified atom stereocenters. The van der Waals surface area contributed by atoms with Crippen molar-refractivity contribution in [3.63, 3.8) is 0 Å². The lowest BCUT2D eigenvalue weighted by Gasteiger charge is -2.21. The molecule has 0 atom stereocenters. The van der Waals surface area contributed by atoms with Gasteiger partial charge in [0.15, 0.2) is 0 Å². The molecule has 0 spiro atoms. The summed E-state index contributed by atoms with van der Waals surface area (Å²) >= 11 is 0. The van der Waals surface area contributed by atoms with Gasteiger partial charge in [0.05, 0.1) is 18.5 Å². The summed E-state index contributed by atoms with van der Waals surface area (Å²) < 4.78 is 5.48. The van der Waals surface area contributed by atoms with Crippen LogP contribution in [0.25, 0.3) is 33.7 Å². The van der Waals surface area contributed by atoms with Gasteiger partial charge in [-0.3, -0.25) is 0 Å². The minimum atomic E-state index is 0. The predicted molar refractivity (Wildman–Crippen MR) is 130 cm³/mol. The summed E-state index contributed by atoms with van der Waals surface area (Å²) in [6, 6.07) is 22.5. The zero-order chi connectivity index (χ0) is 20.0. The molecule has 0 amide bonds. The number of anilines is 1. The summed E-state index contributed by atoms with van der Waals surface area (Å²) in [4.78, 5) is 6.70. The number of aliphatic imine (C=N–C) groups is 1. The number of methoxy groups -OCH3 is 1. The van der Waals surface area contributed by atoms with Gasteiger partial charge in [0.2, 0.25) is 5.96 Å². The number of rotatable bonds is 3. The highest BCUT2D eigenvalue weighted by molar-refractivity contribution is 6.13. The number of fused-ring (bicyclic) bond motifs is 1. The third-order valence-corrected chi connectivity index (χ3v) is 5.55. The number of benzene rings is 4. The van der Waals surface area contributed by atoms with E-state index in [1.54, 1.807) is 7.11 Å². The highest BCUT2D eigenvalue weighted by Crippen LogP contribution is 2.37. The van der Waals surface area contributed by atoms with E-state index < -0.39 is 0 Å². The van der Waals surface area contributed by atoms with E-state index in [9.17, 15) is 0 Å². The van der Waals surface area contributed by atoms with E-state index in [4.69, 9.17) is 15.5 Å². The van der Waals surface area contributed by atoms with Crippen molar-refractivity contribution in [2.75, 3.05) is 19.1 Å². The number of halogens is 1. The lowest BCUT2D eigenvalue weighted by atomic mass is 10.0. The molecule has 4 aromatic carbocycles. The van der Waals surface area contributed by atoms with Crippen molar-refractivity contribution in [1.29, 1.82) is 0 Å². The van der Waals surface area contributed by atoms with Crippen LogP contribution in [0.2, 0.25) is 0 Å². The topological polar surface area (TPSA) is 50.9 Å². The van der Waals surface area contributed by atoms with Gasteiger partial charge < -0.3 is 15.4 Å². The zero-order valence-corrected chi connectivity index (χ0v) is 17.6. The zero-order valence-electron chi connectivity index (χ0n) is 16.8. The van der Waals surface area contributed by atoms with E-state index in [1.165, 1.54) is 21.9 Å². The van der Waals surface area contributed by atoms with Gasteiger partial charge in [0.25, 0.3) is 0 Å². The van der Waals surface area contributed by atoms with E-state index in [0.717, 1.165) is 27.9 Å². The van der Waals surface area contributed by atoms with Gasteiger partial charge in [-0.25, -0.2) is 4.99 Å². The van der Waals surface area contributed by atoms with Crippen molar-refractivity contribution in [2.24, 2.45) is 10.7 Å². The van der Waals surface area contributed by atoms with Crippen molar-refractivity contribution in [2.45, 2.75) is 0 Å². The monoisotopic (exact) mass is 415 g/mol. The molecule has 5 rings (SSSR count). The van der Waals surface area contributed by atoms with E-state index in [0.29, 0.717) is 5.96 Å². The van der Waals surface area contributed by atoms with Crippen LogP contribution < -0.4 is 15.4 Å². The van der Waals surface area contributed by atoms with Crippen molar-refractivity contribution in [1.82, 2.24) is 0 Å². The molecule has 0 radical (unpaired) electrons. The minimum Gasteiger partial charge on any atom is -0.496 e. The lowest BCUT2D eigenvalue weighted by molar-refractivity contribution is 0.420. The van der Waals surface area contributed by atoms with E-state index in [-0.39, 0.29) is 12.4 Å². The number of nitrogens with two attached hydrogens (primary N) is 1. The molecule has 30 heavy (non-hydrogen) atoms. The van der Waals surface area contributed by atoms with Crippen LogP contribution >= 0.6 is 12.4 Å². The fourth-order valence-electron chi connectivity index (χ4n) is 4.05. The Morgan fingerprint density at radius 3 is 2.30 bits per heavy atom. The molecule has 4 aromatic rings. The highest BCUT2D eigenvalue weighted by Gasteiger charge is 2.16. The highest BCUT2D eigenvalue weighted by atomic mass is 35.5. The Kier molecular flexibility index (Phi) is 5.10. The molecule has 0 fully saturated rings. The first kappa shape index (κ1) is 19.8. The van der Waals surface area contributed by atoms with Gasteiger partial charge in [-0.15, -0.1) is 12.4 Å². The maximum atomic E-state index is 6.45. The third-order valence-electron chi connectivity index (χ3n) is 5.55. The molecule has 2 N–H and O–H groups in total. The van der Waals surface area contributed by atoms with E-state index in [1.807, 2.05) is 48.3 Å². The molecule has 0 saturated carbocycles. The van der Waals surface area contributed by atoms with Gasteiger partial charge in [-0.05, 0) is 34.7 Å². The minimum absolute atomic E-state index is 0. The fraction of sp³-hybridized carbons (Fsp3) is 0.0800. The first-order valence-corrected chi connectivity index (χ1v) is 9.55. The third kappa shape index (κ3) is 3.06. The first-order valence-electron chi connectivity index (χ1n) is 9.55. The summed E-state index contributed by atoms with van der Waals surface area (Å²) in [7, 11) is 3.63. The Bertz CT molecular complexity index is 1310. The van der Waals surface area contributed by atoms with E-state index >= 15 is 0 Å². The molecule has 0 heterocycles. The summed E-state index contributed by atoms with van der Waals surface area (Å²) in [5.41, 5.74) is 10.8. The van der Waals surface area contributed by atoms with Crippen molar-refractivity contribution in [3.8, 4) is 5.75 Å². The van der Waals surface area contributed by atoms with Gasteiger partial charge >= 0.3 is 0 Å². The second kappa shape index (κ2) is 7.73. The Labute approximate surface area is 181 Å². The SMILES string of the molecule is COc1ccc(N=C(N)N(C)c2ccc3c4c(cccc24)C=C3)c2ccccc12.Cl. The largest absolute Gasteiger partial charge is 0.496 e. The first-order chi connectivity index (χ1) is 14.2. The van der Waals surface area contributed by atoms with Crippen LogP contribution in [0, 0.1) is 0 Å². The Hall–Kier alpha value is -3.50. The molecular weight excluding hydrogens is 394 g/mol. The Morgan fingerprint density at radius 1 is 0.833 bits per heavy atom. The molecule has 0 aromatic heterocycles. The molecule has 4 nitrogen and oxygen atoms in total.